The van der Waals surface area contributed by atoms with Crippen LogP contribution in [0.3, 0.4) is 0 Å². The highest BCUT2D eigenvalue weighted by Crippen LogP contribution is 2.30. The summed E-state index contributed by atoms with van der Waals surface area (Å²) in [6.07, 6.45) is 2.83. The van der Waals surface area contributed by atoms with E-state index < -0.39 is 0 Å². The molecular weight excluding hydrogens is 314 g/mol. The topological polar surface area (TPSA) is 58.2 Å². The molecule has 1 atom stereocenters. The maximum absolute atomic E-state index is 12.8. The van der Waals surface area contributed by atoms with Gasteiger partial charge in [0.1, 0.15) is 6.10 Å². The van der Waals surface area contributed by atoms with E-state index in [0.29, 0.717) is 30.4 Å². The van der Waals surface area contributed by atoms with Gasteiger partial charge in [-0.15, -0.1) is 0 Å². The summed E-state index contributed by atoms with van der Waals surface area (Å²) in [4.78, 5) is 14.7. The highest BCUT2D eigenvalue weighted by Gasteiger charge is 2.31. The van der Waals surface area contributed by atoms with Crippen LogP contribution in [-0.4, -0.2) is 40.7 Å². The van der Waals surface area contributed by atoms with Crippen molar-refractivity contribution in [3.8, 4) is 0 Å². The Morgan fingerprint density at radius 2 is 2.22 bits per heavy atom. The summed E-state index contributed by atoms with van der Waals surface area (Å²) in [5.74, 6) is -0.00949. The number of hydrogen-bond donors (Lipinski definition) is 1. The van der Waals surface area contributed by atoms with E-state index in [9.17, 15) is 4.79 Å². The second-order valence-electron chi connectivity index (χ2n) is 6.01. The number of morpholine rings is 1. The Morgan fingerprint density at radius 3 is 3.09 bits per heavy atom. The molecular formula is C17H18ClN3O2. The smallest absolute Gasteiger partial charge is 0.274 e. The first-order chi connectivity index (χ1) is 11.2. The SMILES string of the molecule is O=C(c1n[nH]c2c1CCC2)N1CCOC(c2ccccc2Cl)C1. The van der Waals surface area contributed by atoms with Gasteiger partial charge in [0.2, 0.25) is 0 Å². The molecule has 0 saturated carbocycles. The second-order valence-corrected chi connectivity index (χ2v) is 6.42. The lowest BCUT2D eigenvalue weighted by Gasteiger charge is -2.33. The number of benzene rings is 1. The van der Waals surface area contributed by atoms with Gasteiger partial charge in [0.15, 0.2) is 5.69 Å². The van der Waals surface area contributed by atoms with Crippen LogP contribution in [0.4, 0.5) is 0 Å². The Morgan fingerprint density at radius 1 is 1.35 bits per heavy atom. The van der Waals surface area contributed by atoms with Crippen molar-refractivity contribution in [3.63, 3.8) is 0 Å². The number of nitrogens with one attached hydrogen (secondary N) is 1. The number of fused-ring (bicyclic) bond motifs is 1. The fraction of sp³-hybridized carbons (Fsp3) is 0.412. The number of ether oxygens (including phenoxy) is 1. The zero-order valence-electron chi connectivity index (χ0n) is 12.7. The first kappa shape index (κ1) is 14.7. The predicted octanol–water partition coefficient (Wildman–Crippen LogP) is 2.77. The Labute approximate surface area is 139 Å². The summed E-state index contributed by atoms with van der Waals surface area (Å²) in [7, 11) is 0. The molecule has 1 N–H and O–H groups in total. The molecule has 2 heterocycles. The Hall–Kier alpha value is -1.85. The van der Waals surface area contributed by atoms with E-state index in [4.69, 9.17) is 16.3 Å². The number of nitrogens with zero attached hydrogens (tertiary/aromatic N) is 2. The van der Waals surface area contributed by atoms with E-state index in [0.717, 1.165) is 36.1 Å². The summed E-state index contributed by atoms with van der Waals surface area (Å²) in [5, 5.41) is 7.93. The van der Waals surface area contributed by atoms with E-state index in [1.165, 1.54) is 0 Å². The minimum Gasteiger partial charge on any atom is -0.370 e. The molecule has 4 rings (SSSR count). The van der Waals surface area contributed by atoms with Crippen LogP contribution in [0.5, 0.6) is 0 Å². The molecule has 0 bridgehead atoms. The van der Waals surface area contributed by atoms with Crippen LogP contribution in [0.15, 0.2) is 24.3 Å². The number of aromatic amines is 1. The van der Waals surface area contributed by atoms with Crippen LogP contribution in [-0.2, 0) is 17.6 Å². The molecule has 0 spiro atoms. The number of halogens is 1. The predicted molar refractivity (Wildman–Crippen MR) is 86.7 cm³/mol. The number of rotatable bonds is 2. The quantitative estimate of drug-likeness (QED) is 0.920. The standard InChI is InChI=1S/C17H18ClN3O2/c18-13-6-2-1-4-11(13)15-10-21(8-9-23-15)17(22)16-12-5-3-7-14(12)19-20-16/h1-2,4,6,15H,3,5,7-10H2,(H,19,20). The minimum absolute atomic E-state index is 0.00949. The number of aryl methyl sites for hydroxylation is 1. The van der Waals surface area contributed by atoms with E-state index >= 15 is 0 Å². The van der Waals surface area contributed by atoms with Gasteiger partial charge in [-0.25, -0.2) is 0 Å². The van der Waals surface area contributed by atoms with Gasteiger partial charge in [-0.05, 0) is 25.3 Å². The maximum Gasteiger partial charge on any atom is 0.274 e. The molecule has 1 aromatic carbocycles. The molecule has 1 saturated heterocycles. The van der Waals surface area contributed by atoms with Crippen LogP contribution < -0.4 is 0 Å². The molecule has 23 heavy (non-hydrogen) atoms. The van der Waals surface area contributed by atoms with Gasteiger partial charge in [-0.3, -0.25) is 9.89 Å². The lowest BCUT2D eigenvalue weighted by atomic mass is 10.1. The Balaban J connectivity index is 1.55. The van der Waals surface area contributed by atoms with Crippen molar-refractivity contribution in [1.82, 2.24) is 15.1 Å². The zero-order valence-corrected chi connectivity index (χ0v) is 13.5. The monoisotopic (exact) mass is 331 g/mol. The van der Waals surface area contributed by atoms with Crippen molar-refractivity contribution in [3.05, 3.63) is 51.8 Å². The molecule has 1 aliphatic carbocycles. The lowest BCUT2D eigenvalue weighted by Crippen LogP contribution is -2.42. The molecule has 6 heteroatoms. The summed E-state index contributed by atoms with van der Waals surface area (Å²) in [6.45, 7) is 1.60. The number of H-pyrrole nitrogens is 1. The van der Waals surface area contributed by atoms with Crippen molar-refractivity contribution < 1.29 is 9.53 Å². The average molecular weight is 332 g/mol. The fourth-order valence-electron chi connectivity index (χ4n) is 3.40. The van der Waals surface area contributed by atoms with Crippen molar-refractivity contribution in [2.24, 2.45) is 0 Å². The van der Waals surface area contributed by atoms with Crippen LogP contribution in [0.25, 0.3) is 0 Å². The normalized spacial score (nSPS) is 20.6. The molecule has 1 aromatic heterocycles. The molecule has 0 radical (unpaired) electrons. The Bertz CT molecular complexity index is 743. The first-order valence-corrected chi connectivity index (χ1v) is 8.33. The third-order valence-corrected chi connectivity index (χ3v) is 4.96. The van der Waals surface area contributed by atoms with Gasteiger partial charge in [-0.2, -0.15) is 5.10 Å². The third kappa shape index (κ3) is 2.64. The van der Waals surface area contributed by atoms with Crippen LogP contribution in [0, 0.1) is 0 Å². The molecule has 1 unspecified atom stereocenters. The highest BCUT2D eigenvalue weighted by molar-refractivity contribution is 6.31. The number of carbonyl (C=O) groups excluding carboxylic acids is 1. The molecule has 1 amide bonds. The number of carbonyl (C=O) groups is 1. The minimum atomic E-state index is -0.187. The molecule has 120 valence electrons. The lowest BCUT2D eigenvalue weighted by molar-refractivity contribution is -0.0230. The number of amides is 1. The average Bonchev–Trinajstić information content (AvgIpc) is 3.18. The van der Waals surface area contributed by atoms with E-state index in [1.54, 1.807) is 0 Å². The van der Waals surface area contributed by atoms with Gasteiger partial charge < -0.3 is 9.64 Å². The summed E-state index contributed by atoms with van der Waals surface area (Å²) in [5.41, 5.74) is 3.72. The van der Waals surface area contributed by atoms with Gasteiger partial charge in [0.25, 0.3) is 5.91 Å². The van der Waals surface area contributed by atoms with Gasteiger partial charge >= 0.3 is 0 Å². The molecule has 2 aliphatic rings. The van der Waals surface area contributed by atoms with Gasteiger partial charge in [0.05, 0.1) is 13.2 Å². The summed E-state index contributed by atoms with van der Waals surface area (Å²) < 4.78 is 5.83. The maximum atomic E-state index is 12.8. The van der Waals surface area contributed by atoms with Crippen LogP contribution >= 0.6 is 11.6 Å². The van der Waals surface area contributed by atoms with Crippen LogP contribution in [0.1, 0.15) is 39.8 Å². The van der Waals surface area contributed by atoms with E-state index in [2.05, 4.69) is 10.2 Å². The van der Waals surface area contributed by atoms with Gasteiger partial charge in [-0.1, -0.05) is 29.8 Å². The number of hydrogen-bond acceptors (Lipinski definition) is 3. The molecule has 1 aliphatic heterocycles. The largest absolute Gasteiger partial charge is 0.370 e. The van der Waals surface area contributed by atoms with E-state index in [-0.39, 0.29) is 12.0 Å². The fourth-order valence-corrected chi connectivity index (χ4v) is 3.66. The van der Waals surface area contributed by atoms with Crippen molar-refractivity contribution in [2.45, 2.75) is 25.4 Å². The van der Waals surface area contributed by atoms with Crippen molar-refractivity contribution in [1.29, 1.82) is 0 Å². The van der Waals surface area contributed by atoms with E-state index in [1.807, 2.05) is 29.2 Å². The molecule has 2 aromatic rings. The Kier molecular flexibility index (Phi) is 3.83. The summed E-state index contributed by atoms with van der Waals surface area (Å²) in [6, 6.07) is 7.63. The number of aromatic nitrogens is 2. The summed E-state index contributed by atoms with van der Waals surface area (Å²) >= 11 is 6.26. The van der Waals surface area contributed by atoms with Gasteiger partial charge in [0, 0.05) is 28.4 Å². The molecule has 5 nitrogen and oxygen atoms in total. The van der Waals surface area contributed by atoms with Crippen LogP contribution in [0.2, 0.25) is 5.02 Å². The van der Waals surface area contributed by atoms with Crippen molar-refractivity contribution in [2.75, 3.05) is 19.7 Å². The zero-order chi connectivity index (χ0) is 15.8. The second kappa shape index (κ2) is 5.98. The molecule has 1 fully saturated rings. The first-order valence-electron chi connectivity index (χ1n) is 7.95. The third-order valence-electron chi connectivity index (χ3n) is 4.61. The van der Waals surface area contributed by atoms with Crippen molar-refractivity contribution >= 4 is 17.5 Å². The highest BCUT2D eigenvalue weighted by atomic mass is 35.5.